The van der Waals surface area contributed by atoms with Gasteiger partial charge in [-0.1, -0.05) is 19.3 Å². The van der Waals surface area contributed by atoms with Crippen molar-refractivity contribution in [3.63, 3.8) is 0 Å². The molecule has 0 radical (unpaired) electrons. The van der Waals surface area contributed by atoms with Crippen LogP contribution in [-0.4, -0.2) is 45.8 Å². The first-order chi connectivity index (χ1) is 15.4. The van der Waals surface area contributed by atoms with Crippen molar-refractivity contribution < 1.29 is 14.3 Å². The second-order valence-corrected chi connectivity index (χ2v) is 9.01. The molecule has 3 aliphatic rings. The summed E-state index contributed by atoms with van der Waals surface area (Å²) in [5.74, 6) is 1.32. The number of hydrogen-bond donors (Lipinski definition) is 3. The van der Waals surface area contributed by atoms with Crippen molar-refractivity contribution >= 4 is 29.3 Å². The van der Waals surface area contributed by atoms with E-state index in [1.165, 1.54) is 6.33 Å². The molecule has 10 heteroatoms. The third kappa shape index (κ3) is 3.39. The number of nitrogens with zero attached hydrogens (tertiary/aromatic N) is 4. The average molecular weight is 438 g/mol. The molecule has 32 heavy (non-hydrogen) atoms. The van der Waals surface area contributed by atoms with Crippen LogP contribution in [0.15, 0.2) is 18.5 Å². The van der Waals surface area contributed by atoms with Gasteiger partial charge in [0.1, 0.15) is 23.4 Å². The lowest BCUT2D eigenvalue weighted by Gasteiger charge is -2.39. The number of pyridine rings is 1. The second-order valence-electron chi connectivity index (χ2n) is 9.01. The highest BCUT2D eigenvalue weighted by atomic mass is 16.5. The number of carbonyl (C=O) groups excluding carboxylic acids is 2. The third-order valence-corrected chi connectivity index (χ3v) is 6.75. The van der Waals surface area contributed by atoms with E-state index in [2.05, 4.69) is 25.9 Å². The molecule has 4 heterocycles. The van der Waals surface area contributed by atoms with Crippen LogP contribution in [0.25, 0.3) is 0 Å². The number of aromatic nitrogens is 3. The molecule has 2 aromatic heterocycles. The normalized spacial score (nSPS) is 19.3. The standard InChI is InChI=1S/C22H27N7O3/c1-13-8-18(29(32)20-19(13)21(31)27-22(20)6-4-3-5-7-22)26-17-9-16(23-12-24-17)25-15-10-28(11-15)14(2)30/h8-9,12,15H,3-7,10-11H2,1-2H3,(H,27,31)(H2,23,24,25,26). The summed E-state index contributed by atoms with van der Waals surface area (Å²) in [6.45, 7) is 4.68. The summed E-state index contributed by atoms with van der Waals surface area (Å²) in [6.07, 6.45) is 6.06. The summed E-state index contributed by atoms with van der Waals surface area (Å²) < 4.78 is 0.859. The van der Waals surface area contributed by atoms with Crippen LogP contribution < -0.4 is 20.7 Å². The Balaban J connectivity index is 1.40. The molecular weight excluding hydrogens is 410 g/mol. The van der Waals surface area contributed by atoms with E-state index in [-0.39, 0.29) is 17.9 Å². The molecule has 5 rings (SSSR count). The number of fused-ring (bicyclic) bond motifs is 2. The van der Waals surface area contributed by atoms with Gasteiger partial charge in [-0.15, -0.1) is 0 Å². The van der Waals surface area contributed by atoms with Crippen molar-refractivity contribution in [3.05, 3.63) is 40.5 Å². The predicted octanol–water partition coefficient (Wildman–Crippen LogP) is 1.71. The SMILES string of the molecule is CC(=O)N1CC(Nc2cc(Nc3cc(C)c4c([n+]3[O-])C3(CCCCC3)NC4=O)ncn2)C1. The van der Waals surface area contributed by atoms with Crippen molar-refractivity contribution in [1.82, 2.24) is 20.2 Å². The smallest absolute Gasteiger partial charge is 0.284 e. The van der Waals surface area contributed by atoms with E-state index in [0.717, 1.165) is 42.4 Å². The molecule has 2 fully saturated rings. The first-order valence-electron chi connectivity index (χ1n) is 11.1. The quantitative estimate of drug-likeness (QED) is 0.491. The van der Waals surface area contributed by atoms with Crippen molar-refractivity contribution in [1.29, 1.82) is 0 Å². The van der Waals surface area contributed by atoms with Gasteiger partial charge in [-0.3, -0.25) is 9.59 Å². The maximum atomic E-state index is 13.4. The van der Waals surface area contributed by atoms with Crippen LogP contribution in [0.2, 0.25) is 0 Å². The molecule has 0 bridgehead atoms. The number of carbonyl (C=O) groups is 2. The van der Waals surface area contributed by atoms with Crippen LogP contribution in [0.3, 0.4) is 0 Å². The molecule has 2 aliphatic heterocycles. The molecule has 1 saturated heterocycles. The van der Waals surface area contributed by atoms with E-state index >= 15 is 0 Å². The fraction of sp³-hybridized carbons (Fsp3) is 0.500. The summed E-state index contributed by atoms with van der Waals surface area (Å²) in [6, 6.07) is 3.56. The number of amides is 2. The maximum Gasteiger partial charge on any atom is 0.284 e. The van der Waals surface area contributed by atoms with E-state index < -0.39 is 5.54 Å². The van der Waals surface area contributed by atoms with E-state index in [9.17, 15) is 14.8 Å². The van der Waals surface area contributed by atoms with Crippen LogP contribution in [0.4, 0.5) is 17.5 Å². The summed E-state index contributed by atoms with van der Waals surface area (Å²) >= 11 is 0. The fourth-order valence-corrected chi connectivity index (χ4v) is 5.08. The molecule has 0 unspecified atom stereocenters. The van der Waals surface area contributed by atoms with Crippen LogP contribution >= 0.6 is 0 Å². The van der Waals surface area contributed by atoms with E-state index in [1.54, 1.807) is 24.0 Å². The van der Waals surface area contributed by atoms with Gasteiger partial charge in [0, 0.05) is 32.1 Å². The van der Waals surface area contributed by atoms with Gasteiger partial charge in [0.2, 0.25) is 11.7 Å². The van der Waals surface area contributed by atoms with E-state index in [1.807, 2.05) is 6.92 Å². The topological polar surface area (TPSA) is 126 Å². The van der Waals surface area contributed by atoms with Gasteiger partial charge < -0.3 is 20.7 Å². The highest BCUT2D eigenvalue weighted by Gasteiger charge is 2.48. The zero-order chi connectivity index (χ0) is 22.5. The number of aryl methyl sites for hydroxylation is 1. The summed E-state index contributed by atoms with van der Waals surface area (Å²) in [5, 5.41) is 22.9. The number of hydrogen-bond acceptors (Lipinski definition) is 7. The second kappa shape index (κ2) is 7.61. The van der Waals surface area contributed by atoms with Crippen molar-refractivity contribution in [2.75, 3.05) is 23.7 Å². The average Bonchev–Trinajstić information content (AvgIpc) is 3.01. The summed E-state index contributed by atoms with van der Waals surface area (Å²) in [5.41, 5.74) is 1.20. The van der Waals surface area contributed by atoms with Gasteiger partial charge in [0.25, 0.3) is 11.7 Å². The van der Waals surface area contributed by atoms with Crippen molar-refractivity contribution in [3.8, 4) is 0 Å². The number of likely N-dealkylation sites (tertiary alicyclic amines) is 1. The molecule has 10 nitrogen and oxygen atoms in total. The van der Waals surface area contributed by atoms with Crippen LogP contribution in [0, 0.1) is 12.1 Å². The molecule has 2 aromatic rings. The molecule has 3 N–H and O–H groups in total. The van der Waals surface area contributed by atoms with Gasteiger partial charge in [0.05, 0.1) is 11.6 Å². The highest BCUT2D eigenvalue weighted by molar-refractivity contribution is 6.00. The van der Waals surface area contributed by atoms with Gasteiger partial charge in [-0.2, -0.15) is 4.98 Å². The molecular formula is C22H27N7O3. The van der Waals surface area contributed by atoms with Gasteiger partial charge in [-0.25, -0.2) is 15.0 Å². The summed E-state index contributed by atoms with van der Waals surface area (Å²) in [7, 11) is 0. The minimum Gasteiger partial charge on any atom is -0.710 e. The Labute approximate surface area is 186 Å². The lowest BCUT2D eigenvalue weighted by Crippen LogP contribution is -2.56. The molecule has 0 aromatic carbocycles. The summed E-state index contributed by atoms with van der Waals surface area (Å²) in [4.78, 5) is 34.3. The number of anilines is 3. The van der Waals surface area contributed by atoms with Crippen molar-refractivity contribution in [2.45, 2.75) is 57.5 Å². The zero-order valence-corrected chi connectivity index (χ0v) is 18.3. The Bertz CT molecular complexity index is 1090. The molecule has 1 spiro atoms. The minimum atomic E-state index is -0.583. The van der Waals surface area contributed by atoms with Gasteiger partial charge in [0.15, 0.2) is 0 Å². The monoisotopic (exact) mass is 437 g/mol. The maximum absolute atomic E-state index is 13.4. The van der Waals surface area contributed by atoms with E-state index in [4.69, 9.17) is 0 Å². The lowest BCUT2D eigenvalue weighted by atomic mass is 9.79. The van der Waals surface area contributed by atoms with Crippen LogP contribution in [0.5, 0.6) is 0 Å². The number of rotatable bonds is 4. The lowest BCUT2D eigenvalue weighted by molar-refractivity contribution is -0.603. The Morgan fingerprint density at radius 2 is 1.94 bits per heavy atom. The van der Waals surface area contributed by atoms with E-state index in [0.29, 0.717) is 41.8 Å². The highest BCUT2D eigenvalue weighted by Crippen LogP contribution is 2.42. The third-order valence-electron chi connectivity index (χ3n) is 6.75. The Morgan fingerprint density at radius 1 is 1.22 bits per heavy atom. The van der Waals surface area contributed by atoms with Gasteiger partial charge >= 0.3 is 0 Å². The Hall–Kier alpha value is -3.43. The van der Waals surface area contributed by atoms with Gasteiger partial charge in [-0.05, 0) is 25.3 Å². The Kier molecular flexibility index (Phi) is 4.87. The molecule has 1 aliphatic carbocycles. The minimum absolute atomic E-state index is 0.0591. The number of nitrogens with one attached hydrogen (secondary N) is 3. The molecule has 168 valence electrons. The predicted molar refractivity (Wildman–Crippen MR) is 117 cm³/mol. The fourth-order valence-electron chi connectivity index (χ4n) is 5.08. The largest absolute Gasteiger partial charge is 0.710 e. The molecule has 2 amide bonds. The Morgan fingerprint density at radius 3 is 2.66 bits per heavy atom. The first kappa shape index (κ1) is 20.5. The molecule has 0 atom stereocenters. The van der Waals surface area contributed by atoms with Crippen molar-refractivity contribution in [2.24, 2.45) is 0 Å². The molecule has 1 saturated carbocycles. The van der Waals surface area contributed by atoms with Crippen LogP contribution in [0.1, 0.15) is 60.6 Å². The first-order valence-corrected chi connectivity index (χ1v) is 11.1. The van der Waals surface area contributed by atoms with Crippen LogP contribution in [-0.2, 0) is 10.3 Å². The zero-order valence-electron chi connectivity index (χ0n) is 18.3.